The standard InChI is InChI=1S/C36H28N2O8S2/c1-23(37-31-18-7-3-14-27(31)28-15-4-8-19-32(28)37)35(39)45-47(41,42)25-12-11-13-26(22-25)48(43,44)46-36(40)24(2)38-33-20-9-5-16-29(33)30-17-6-10-21-34(30)38/h3-24H,1-2H3. The Kier molecular flexibility index (Phi) is 7.56. The van der Waals surface area contributed by atoms with Crippen molar-refractivity contribution in [1.82, 2.24) is 9.13 Å². The van der Waals surface area contributed by atoms with Crippen molar-refractivity contribution in [2.24, 2.45) is 0 Å². The molecule has 2 unspecified atom stereocenters. The van der Waals surface area contributed by atoms with Gasteiger partial charge in [-0.15, -0.1) is 0 Å². The van der Waals surface area contributed by atoms with Gasteiger partial charge in [-0.2, -0.15) is 16.8 Å². The van der Waals surface area contributed by atoms with Gasteiger partial charge in [0.1, 0.15) is 21.9 Å². The van der Waals surface area contributed by atoms with E-state index in [0.717, 1.165) is 45.8 Å². The Morgan fingerprint density at radius 1 is 0.479 bits per heavy atom. The summed E-state index contributed by atoms with van der Waals surface area (Å²) in [6, 6.07) is 31.7. The highest BCUT2D eigenvalue weighted by Crippen LogP contribution is 2.34. The predicted molar refractivity (Wildman–Crippen MR) is 181 cm³/mol. The molecular formula is C36H28N2O8S2. The molecule has 0 radical (unpaired) electrons. The fourth-order valence-electron chi connectivity index (χ4n) is 6.19. The van der Waals surface area contributed by atoms with Gasteiger partial charge in [-0.3, -0.25) is 0 Å². The summed E-state index contributed by atoms with van der Waals surface area (Å²) in [6.45, 7) is 3.05. The average molecular weight is 681 g/mol. The third kappa shape index (κ3) is 5.19. The molecule has 2 heterocycles. The van der Waals surface area contributed by atoms with Crippen LogP contribution in [0.4, 0.5) is 0 Å². The number of rotatable bonds is 8. The van der Waals surface area contributed by atoms with E-state index in [-0.39, 0.29) is 0 Å². The van der Waals surface area contributed by atoms with Crippen molar-refractivity contribution in [3.05, 3.63) is 121 Å². The zero-order chi connectivity index (χ0) is 33.8. The van der Waals surface area contributed by atoms with E-state index in [1.165, 1.54) is 13.8 Å². The Balaban J connectivity index is 1.14. The first-order valence-corrected chi connectivity index (χ1v) is 17.8. The smallest absolute Gasteiger partial charge is 0.340 e. The van der Waals surface area contributed by atoms with E-state index in [2.05, 4.69) is 0 Å². The molecule has 0 fully saturated rings. The van der Waals surface area contributed by atoms with Crippen molar-refractivity contribution in [3.63, 3.8) is 0 Å². The topological polar surface area (TPSA) is 131 Å². The van der Waals surface area contributed by atoms with Gasteiger partial charge in [0.15, 0.2) is 0 Å². The Morgan fingerprint density at radius 2 is 0.771 bits per heavy atom. The zero-order valence-electron chi connectivity index (χ0n) is 25.7. The van der Waals surface area contributed by atoms with E-state index in [1.807, 2.05) is 97.1 Å². The fraction of sp³-hybridized carbons (Fsp3) is 0.111. The van der Waals surface area contributed by atoms with Crippen LogP contribution < -0.4 is 0 Å². The zero-order valence-corrected chi connectivity index (χ0v) is 27.3. The summed E-state index contributed by atoms with van der Waals surface area (Å²) in [5.74, 6) is -2.14. The molecule has 0 aliphatic heterocycles. The molecule has 0 aliphatic carbocycles. The number of hydrogen-bond donors (Lipinski definition) is 0. The minimum Gasteiger partial charge on any atom is -0.340 e. The fourth-order valence-corrected chi connectivity index (χ4v) is 8.20. The lowest BCUT2D eigenvalue weighted by Gasteiger charge is -2.17. The van der Waals surface area contributed by atoms with Gasteiger partial charge in [-0.1, -0.05) is 78.9 Å². The van der Waals surface area contributed by atoms with Crippen LogP contribution >= 0.6 is 0 Å². The van der Waals surface area contributed by atoms with Gasteiger partial charge >= 0.3 is 32.2 Å². The van der Waals surface area contributed by atoms with Crippen LogP contribution in [0.3, 0.4) is 0 Å². The van der Waals surface area contributed by atoms with Crippen LogP contribution in [0.2, 0.25) is 0 Å². The molecule has 0 N–H and O–H groups in total. The van der Waals surface area contributed by atoms with E-state index in [9.17, 15) is 26.4 Å². The number of aromatic nitrogens is 2. The maximum Gasteiger partial charge on any atom is 0.344 e. The minimum absolute atomic E-state index is 0.599. The van der Waals surface area contributed by atoms with E-state index in [4.69, 9.17) is 8.37 Å². The molecule has 12 heteroatoms. The van der Waals surface area contributed by atoms with Gasteiger partial charge in [0.05, 0.1) is 0 Å². The van der Waals surface area contributed by atoms with Gasteiger partial charge in [0, 0.05) is 43.6 Å². The van der Waals surface area contributed by atoms with Crippen LogP contribution in [0.1, 0.15) is 25.9 Å². The molecule has 2 atom stereocenters. The molecule has 10 nitrogen and oxygen atoms in total. The highest BCUT2D eigenvalue weighted by molar-refractivity contribution is 7.88. The summed E-state index contributed by atoms with van der Waals surface area (Å²) < 4.78 is 66.7. The Bertz CT molecular complexity index is 2350. The number of benzene rings is 5. The quantitative estimate of drug-likeness (QED) is 0.159. The van der Waals surface area contributed by atoms with Crippen LogP contribution in [-0.4, -0.2) is 37.9 Å². The Morgan fingerprint density at radius 3 is 1.08 bits per heavy atom. The highest BCUT2D eigenvalue weighted by Gasteiger charge is 2.31. The summed E-state index contributed by atoms with van der Waals surface area (Å²) in [5, 5.41) is 3.54. The van der Waals surface area contributed by atoms with E-state index in [1.54, 1.807) is 9.13 Å². The second kappa shape index (κ2) is 11.7. The van der Waals surface area contributed by atoms with E-state index < -0.39 is 54.0 Å². The molecule has 0 spiro atoms. The first-order chi connectivity index (χ1) is 23.0. The lowest BCUT2D eigenvalue weighted by atomic mass is 10.2. The third-order valence-electron chi connectivity index (χ3n) is 8.46. The number of nitrogens with zero attached hydrogens (tertiary/aromatic N) is 2. The third-order valence-corrected chi connectivity index (χ3v) is 10.9. The lowest BCUT2D eigenvalue weighted by Crippen LogP contribution is -2.23. The van der Waals surface area contributed by atoms with Gasteiger partial charge in [0.25, 0.3) is 0 Å². The summed E-state index contributed by atoms with van der Waals surface area (Å²) in [7, 11) is -9.57. The molecule has 7 rings (SSSR count). The monoisotopic (exact) mass is 680 g/mol. The SMILES string of the molecule is CC(C(=O)OS(=O)(=O)c1cccc(S(=O)(=O)OC(=O)C(C)n2c3ccccc3c3ccccc32)c1)n1c2ccccc2c2ccccc21. The summed E-state index contributed by atoms with van der Waals surface area (Å²) in [5.41, 5.74) is 2.85. The van der Waals surface area contributed by atoms with Gasteiger partial charge in [-0.05, 0) is 56.3 Å². The average Bonchev–Trinajstić information content (AvgIpc) is 3.60. The molecule has 7 aromatic rings. The summed E-state index contributed by atoms with van der Waals surface area (Å²) >= 11 is 0. The molecule has 2 aromatic heterocycles. The largest absolute Gasteiger partial charge is 0.344 e. The van der Waals surface area contributed by atoms with Crippen molar-refractivity contribution in [3.8, 4) is 0 Å². The van der Waals surface area contributed by atoms with Crippen molar-refractivity contribution < 1.29 is 34.8 Å². The number of para-hydroxylation sites is 4. The summed E-state index contributed by atoms with van der Waals surface area (Å²) in [4.78, 5) is 25.4. The molecular weight excluding hydrogens is 653 g/mol. The number of carbonyl (C=O) groups excluding carboxylic acids is 2. The summed E-state index contributed by atoms with van der Waals surface area (Å²) in [6.07, 6.45) is 0. The lowest BCUT2D eigenvalue weighted by molar-refractivity contribution is -0.137. The van der Waals surface area contributed by atoms with Crippen LogP contribution in [0.15, 0.2) is 131 Å². The minimum atomic E-state index is -4.79. The molecule has 48 heavy (non-hydrogen) atoms. The van der Waals surface area contributed by atoms with E-state index >= 15 is 0 Å². The van der Waals surface area contributed by atoms with Gasteiger partial charge < -0.3 is 17.5 Å². The number of hydrogen-bond acceptors (Lipinski definition) is 8. The molecule has 242 valence electrons. The Hall–Kier alpha value is -5.46. The predicted octanol–water partition coefficient (Wildman–Crippen LogP) is 6.89. The highest BCUT2D eigenvalue weighted by atomic mass is 32.2. The maximum atomic E-state index is 13.3. The number of carbonyl (C=O) groups is 2. The molecule has 0 amide bonds. The first kappa shape index (κ1) is 31.2. The van der Waals surface area contributed by atoms with Crippen molar-refractivity contribution in [2.75, 3.05) is 0 Å². The van der Waals surface area contributed by atoms with Gasteiger partial charge in [-0.25, -0.2) is 9.59 Å². The molecule has 0 saturated carbocycles. The van der Waals surface area contributed by atoms with E-state index in [0.29, 0.717) is 22.1 Å². The first-order valence-electron chi connectivity index (χ1n) is 15.0. The van der Waals surface area contributed by atoms with Crippen LogP contribution in [0.5, 0.6) is 0 Å². The van der Waals surface area contributed by atoms with Crippen molar-refractivity contribution in [2.45, 2.75) is 35.7 Å². The van der Waals surface area contributed by atoms with Crippen LogP contribution in [-0.2, 0) is 38.2 Å². The van der Waals surface area contributed by atoms with Crippen molar-refractivity contribution >= 4 is 75.8 Å². The molecule has 0 aliphatic rings. The molecule has 5 aromatic carbocycles. The number of fused-ring (bicyclic) bond motifs is 6. The Labute approximate surface area is 276 Å². The van der Waals surface area contributed by atoms with Gasteiger partial charge in [0.2, 0.25) is 0 Å². The second-order valence-corrected chi connectivity index (χ2v) is 14.4. The van der Waals surface area contributed by atoms with Crippen LogP contribution in [0, 0.1) is 0 Å². The molecule has 0 bridgehead atoms. The van der Waals surface area contributed by atoms with Crippen molar-refractivity contribution in [1.29, 1.82) is 0 Å². The maximum absolute atomic E-state index is 13.3. The van der Waals surface area contributed by atoms with Crippen LogP contribution in [0.25, 0.3) is 43.6 Å². The second-order valence-electron chi connectivity index (χ2n) is 11.3. The normalized spacial score (nSPS) is 13.5. The molecule has 0 saturated heterocycles.